The lowest BCUT2D eigenvalue weighted by Crippen LogP contribution is -2.36. The third kappa shape index (κ3) is 3.43. The minimum Gasteiger partial charge on any atom is -0.496 e. The number of anilines is 1. The highest BCUT2D eigenvalue weighted by Gasteiger charge is 2.28. The SMILES string of the molecule is CCCC(=O)N1CCc2nc(N)c(C#N)c(-c3cc(F)ccc3OC)c2C1. The Morgan fingerprint density at radius 3 is 2.93 bits per heavy atom. The van der Waals surface area contributed by atoms with Crippen LogP contribution in [0.15, 0.2) is 18.2 Å². The molecule has 0 spiro atoms. The van der Waals surface area contributed by atoms with Gasteiger partial charge in [-0.15, -0.1) is 0 Å². The Hall–Kier alpha value is -3.14. The van der Waals surface area contributed by atoms with Crippen LogP contribution in [-0.4, -0.2) is 29.4 Å². The van der Waals surface area contributed by atoms with E-state index in [1.807, 2.05) is 6.92 Å². The van der Waals surface area contributed by atoms with E-state index in [-0.39, 0.29) is 17.3 Å². The summed E-state index contributed by atoms with van der Waals surface area (Å²) in [6.07, 6.45) is 1.75. The zero-order chi connectivity index (χ0) is 19.6. The molecular weight excluding hydrogens is 347 g/mol. The Balaban J connectivity index is 2.23. The zero-order valence-electron chi connectivity index (χ0n) is 15.4. The van der Waals surface area contributed by atoms with Crippen molar-refractivity contribution < 1.29 is 13.9 Å². The van der Waals surface area contributed by atoms with Crippen LogP contribution in [0.3, 0.4) is 0 Å². The number of nitriles is 1. The second-order valence-corrected chi connectivity index (χ2v) is 6.44. The number of amides is 1. The molecule has 2 heterocycles. The molecule has 0 unspecified atom stereocenters. The van der Waals surface area contributed by atoms with Gasteiger partial charge in [0.05, 0.1) is 12.8 Å². The van der Waals surface area contributed by atoms with Crippen LogP contribution in [0.25, 0.3) is 11.1 Å². The van der Waals surface area contributed by atoms with Crippen LogP contribution < -0.4 is 10.5 Å². The Labute approximate surface area is 157 Å². The van der Waals surface area contributed by atoms with Gasteiger partial charge in [0.15, 0.2) is 0 Å². The standard InChI is InChI=1S/C20H21FN4O2/c1-3-4-18(26)25-8-7-16-15(11-25)19(14(10-22)20(23)24-16)13-9-12(21)5-6-17(13)27-2/h5-6,9H,3-4,7-8,11H2,1-2H3,(H2,23,24). The summed E-state index contributed by atoms with van der Waals surface area (Å²) in [5.41, 5.74) is 8.56. The Kier molecular flexibility index (Phi) is 5.26. The van der Waals surface area contributed by atoms with E-state index in [1.54, 1.807) is 4.90 Å². The van der Waals surface area contributed by atoms with E-state index in [9.17, 15) is 14.4 Å². The van der Waals surface area contributed by atoms with Crippen LogP contribution in [0.2, 0.25) is 0 Å². The molecule has 0 atom stereocenters. The second kappa shape index (κ2) is 7.62. The van der Waals surface area contributed by atoms with Crippen LogP contribution in [0, 0.1) is 17.1 Å². The van der Waals surface area contributed by atoms with Crippen molar-refractivity contribution in [1.29, 1.82) is 5.26 Å². The van der Waals surface area contributed by atoms with Crippen molar-refractivity contribution in [3.63, 3.8) is 0 Å². The number of hydrogen-bond donors (Lipinski definition) is 1. The smallest absolute Gasteiger partial charge is 0.222 e. The maximum Gasteiger partial charge on any atom is 0.222 e. The van der Waals surface area contributed by atoms with Crippen molar-refractivity contribution in [1.82, 2.24) is 9.88 Å². The molecule has 140 valence electrons. The average molecular weight is 368 g/mol. The lowest BCUT2D eigenvalue weighted by atomic mass is 9.90. The van der Waals surface area contributed by atoms with Gasteiger partial charge in [-0.1, -0.05) is 6.92 Å². The number of benzene rings is 1. The number of methoxy groups -OCH3 is 1. The van der Waals surface area contributed by atoms with Crippen LogP contribution in [0.5, 0.6) is 5.75 Å². The predicted molar refractivity (Wildman–Crippen MR) is 99.3 cm³/mol. The number of nitrogens with two attached hydrogens (primary N) is 1. The molecule has 7 heteroatoms. The molecule has 0 radical (unpaired) electrons. The number of carbonyl (C=O) groups is 1. The lowest BCUT2D eigenvalue weighted by Gasteiger charge is -2.31. The van der Waals surface area contributed by atoms with Gasteiger partial charge in [-0.2, -0.15) is 5.26 Å². The van der Waals surface area contributed by atoms with Crippen LogP contribution in [0.4, 0.5) is 10.2 Å². The first-order valence-electron chi connectivity index (χ1n) is 8.83. The Bertz CT molecular complexity index is 937. The van der Waals surface area contributed by atoms with Crippen LogP contribution in [-0.2, 0) is 17.8 Å². The number of nitrogen functional groups attached to an aromatic ring is 1. The maximum atomic E-state index is 14.0. The van der Waals surface area contributed by atoms with Gasteiger partial charge in [0.2, 0.25) is 5.91 Å². The lowest BCUT2D eigenvalue weighted by molar-refractivity contribution is -0.132. The van der Waals surface area contributed by atoms with Crippen molar-refractivity contribution in [3.8, 4) is 22.9 Å². The second-order valence-electron chi connectivity index (χ2n) is 6.44. The number of halogens is 1. The molecule has 27 heavy (non-hydrogen) atoms. The largest absolute Gasteiger partial charge is 0.496 e. The normalized spacial score (nSPS) is 13.0. The first kappa shape index (κ1) is 18.6. The molecule has 0 saturated carbocycles. The average Bonchev–Trinajstić information content (AvgIpc) is 2.66. The van der Waals surface area contributed by atoms with Crippen molar-refractivity contribution in [2.75, 3.05) is 19.4 Å². The fraction of sp³-hybridized carbons (Fsp3) is 0.350. The third-order valence-corrected chi connectivity index (χ3v) is 4.74. The van der Waals surface area contributed by atoms with Crippen molar-refractivity contribution in [2.24, 2.45) is 0 Å². The van der Waals surface area contributed by atoms with E-state index >= 15 is 0 Å². The van der Waals surface area contributed by atoms with Gasteiger partial charge in [-0.25, -0.2) is 9.37 Å². The number of carbonyl (C=O) groups excluding carboxylic acids is 1. The number of aromatic nitrogens is 1. The minimum absolute atomic E-state index is 0.0515. The van der Waals surface area contributed by atoms with Crippen molar-refractivity contribution in [3.05, 3.63) is 40.8 Å². The first-order chi connectivity index (χ1) is 13.0. The summed E-state index contributed by atoms with van der Waals surface area (Å²) in [7, 11) is 1.48. The molecule has 2 N–H and O–H groups in total. The molecule has 6 nitrogen and oxygen atoms in total. The van der Waals surface area contributed by atoms with Gasteiger partial charge in [0, 0.05) is 42.6 Å². The molecule has 0 bridgehead atoms. The van der Waals surface area contributed by atoms with Crippen molar-refractivity contribution in [2.45, 2.75) is 32.7 Å². The molecule has 0 saturated heterocycles. The predicted octanol–water partition coefficient (Wildman–Crippen LogP) is 3.03. The maximum absolute atomic E-state index is 14.0. The Morgan fingerprint density at radius 1 is 1.48 bits per heavy atom. The highest BCUT2D eigenvalue weighted by Crippen LogP contribution is 2.40. The molecule has 2 aromatic rings. The Morgan fingerprint density at radius 2 is 2.26 bits per heavy atom. The van der Waals surface area contributed by atoms with Gasteiger partial charge >= 0.3 is 0 Å². The molecule has 0 fully saturated rings. The van der Waals surface area contributed by atoms with E-state index in [0.717, 1.165) is 17.7 Å². The summed E-state index contributed by atoms with van der Waals surface area (Å²) in [4.78, 5) is 18.5. The highest BCUT2D eigenvalue weighted by atomic mass is 19.1. The van der Waals surface area contributed by atoms with Gasteiger partial charge in [0.1, 0.15) is 29.0 Å². The molecule has 1 aliphatic heterocycles. The molecule has 1 amide bonds. The fourth-order valence-electron chi connectivity index (χ4n) is 3.45. The molecular formula is C20H21FN4O2. The third-order valence-electron chi connectivity index (χ3n) is 4.74. The summed E-state index contributed by atoms with van der Waals surface area (Å²) in [5.74, 6) is 0.132. The first-order valence-corrected chi connectivity index (χ1v) is 8.83. The summed E-state index contributed by atoms with van der Waals surface area (Å²) in [6.45, 7) is 2.81. The van der Waals surface area contributed by atoms with Gasteiger partial charge < -0.3 is 15.4 Å². The summed E-state index contributed by atoms with van der Waals surface area (Å²) < 4.78 is 19.4. The number of rotatable bonds is 4. The molecule has 1 aromatic heterocycles. The topological polar surface area (TPSA) is 92.2 Å². The quantitative estimate of drug-likeness (QED) is 0.895. The monoisotopic (exact) mass is 368 g/mol. The summed E-state index contributed by atoms with van der Waals surface area (Å²) in [5, 5.41) is 9.67. The molecule has 0 aliphatic carbocycles. The van der Waals surface area contributed by atoms with Gasteiger partial charge in [0.25, 0.3) is 0 Å². The number of ether oxygens (including phenoxy) is 1. The molecule has 3 rings (SSSR count). The van der Waals surface area contributed by atoms with Gasteiger partial charge in [-0.05, 0) is 24.6 Å². The zero-order valence-corrected chi connectivity index (χ0v) is 15.4. The van der Waals surface area contributed by atoms with E-state index in [1.165, 1.54) is 25.3 Å². The number of nitrogens with zero attached hydrogens (tertiary/aromatic N) is 3. The van der Waals surface area contributed by atoms with Crippen molar-refractivity contribution >= 4 is 11.7 Å². The fourth-order valence-corrected chi connectivity index (χ4v) is 3.45. The highest BCUT2D eigenvalue weighted by molar-refractivity contribution is 5.84. The summed E-state index contributed by atoms with van der Waals surface area (Å²) >= 11 is 0. The van der Waals surface area contributed by atoms with E-state index in [0.29, 0.717) is 42.8 Å². The van der Waals surface area contributed by atoms with Crippen LogP contribution >= 0.6 is 0 Å². The number of fused-ring (bicyclic) bond motifs is 1. The molecule has 1 aromatic carbocycles. The summed E-state index contributed by atoms with van der Waals surface area (Å²) in [6, 6.07) is 6.21. The number of hydrogen-bond acceptors (Lipinski definition) is 5. The van der Waals surface area contributed by atoms with E-state index in [4.69, 9.17) is 10.5 Å². The number of pyridine rings is 1. The van der Waals surface area contributed by atoms with E-state index < -0.39 is 5.82 Å². The molecule has 1 aliphatic rings. The minimum atomic E-state index is -0.450. The van der Waals surface area contributed by atoms with Gasteiger partial charge in [-0.3, -0.25) is 4.79 Å². The van der Waals surface area contributed by atoms with E-state index in [2.05, 4.69) is 11.1 Å². The van der Waals surface area contributed by atoms with Crippen LogP contribution in [0.1, 0.15) is 36.6 Å².